The van der Waals surface area contributed by atoms with E-state index >= 15 is 0 Å². The molecule has 1 aromatic rings. The molecule has 2 atom stereocenters. The first-order chi connectivity index (χ1) is 7.13. The molecular formula is C12H18O3. The Labute approximate surface area is 90.6 Å². The Morgan fingerprint density at radius 3 is 2.27 bits per heavy atom. The molecule has 0 fully saturated rings. The summed E-state index contributed by atoms with van der Waals surface area (Å²) >= 11 is 0. The van der Waals surface area contributed by atoms with E-state index in [0.717, 1.165) is 11.3 Å². The second-order valence-corrected chi connectivity index (χ2v) is 3.39. The van der Waals surface area contributed by atoms with Crippen molar-refractivity contribution in [3.05, 3.63) is 29.8 Å². The van der Waals surface area contributed by atoms with Gasteiger partial charge in [0, 0.05) is 6.61 Å². The largest absolute Gasteiger partial charge is 0.465 e. The lowest BCUT2D eigenvalue weighted by Gasteiger charge is -2.14. The monoisotopic (exact) mass is 210 g/mol. The van der Waals surface area contributed by atoms with Gasteiger partial charge >= 0.3 is 0 Å². The van der Waals surface area contributed by atoms with E-state index in [1.54, 1.807) is 6.92 Å². The van der Waals surface area contributed by atoms with E-state index in [4.69, 9.17) is 9.47 Å². The molecule has 0 radical (unpaired) electrons. The Hall–Kier alpha value is -1.06. The maximum atomic E-state index is 9.32. The molecule has 0 aliphatic heterocycles. The van der Waals surface area contributed by atoms with Crippen LogP contribution in [0, 0.1) is 0 Å². The molecule has 3 nitrogen and oxygen atoms in total. The van der Waals surface area contributed by atoms with Crippen molar-refractivity contribution in [1.82, 2.24) is 0 Å². The van der Waals surface area contributed by atoms with Crippen LogP contribution in [-0.2, 0) is 4.74 Å². The zero-order valence-electron chi connectivity index (χ0n) is 9.43. The average Bonchev–Trinajstić information content (AvgIpc) is 2.18. The van der Waals surface area contributed by atoms with Gasteiger partial charge < -0.3 is 14.6 Å². The van der Waals surface area contributed by atoms with Gasteiger partial charge in [0.25, 0.3) is 0 Å². The second kappa shape index (κ2) is 5.73. The molecule has 15 heavy (non-hydrogen) atoms. The normalized spacial score (nSPS) is 14.7. The van der Waals surface area contributed by atoms with Crippen LogP contribution in [0.25, 0.3) is 0 Å². The number of ether oxygens (including phenoxy) is 2. The zero-order chi connectivity index (χ0) is 11.3. The summed E-state index contributed by atoms with van der Waals surface area (Å²) in [4.78, 5) is 0. The Kier molecular flexibility index (Phi) is 4.59. The minimum atomic E-state index is -0.441. The minimum Gasteiger partial charge on any atom is -0.465 e. The van der Waals surface area contributed by atoms with Gasteiger partial charge in [0.05, 0.1) is 6.10 Å². The number of aliphatic hydroxyl groups is 1. The van der Waals surface area contributed by atoms with Gasteiger partial charge in [-0.05, 0) is 38.5 Å². The number of benzene rings is 1. The van der Waals surface area contributed by atoms with Crippen molar-refractivity contribution in [3.63, 3.8) is 0 Å². The molecule has 0 aliphatic rings. The smallest absolute Gasteiger partial charge is 0.196 e. The molecular weight excluding hydrogens is 192 g/mol. The van der Waals surface area contributed by atoms with Crippen molar-refractivity contribution in [3.8, 4) is 5.75 Å². The van der Waals surface area contributed by atoms with Gasteiger partial charge in [-0.15, -0.1) is 0 Å². The van der Waals surface area contributed by atoms with Crippen molar-refractivity contribution in [2.45, 2.75) is 33.2 Å². The summed E-state index contributed by atoms with van der Waals surface area (Å²) in [5.74, 6) is 0.750. The number of hydrogen-bond acceptors (Lipinski definition) is 3. The van der Waals surface area contributed by atoms with E-state index in [9.17, 15) is 5.11 Å². The van der Waals surface area contributed by atoms with Crippen LogP contribution in [0.4, 0.5) is 0 Å². The second-order valence-electron chi connectivity index (χ2n) is 3.39. The lowest BCUT2D eigenvalue weighted by atomic mass is 10.1. The van der Waals surface area contributed by atoms with Crippen LogP contribution in [0.5, 0.6) is 5.75 Å². The average molecular weight is 210 g/mol. The molecule has 84 valence electrons. The van der Waals surface area contributed by atoms with Gasteiger partial charge in [-0.3, -0.25) is 0 Å². The number of rotatable bonds is 5. The van der Waals surface area contributed by atoms with Crippen LogP contribution in [0.1, 0.15) is 32.4 Å². The van der Waals surface area contributed by atoms with E-state index in [0.29, 0.717) is 6.61 Å². The summed E-state index contributed by atoms with van der Waals surface area (Å²) in [6.45, 7) is 6.15. The van der Waals surface area contributed by atoms with Crippen molar-refractivity contribution in [1.29, 1.82) is 0 Å². The molecule has 1 aromatic carbocycles. The molecule has 0 bridgehead atoms. The highest BCUT2D eigenvalue weighted by atomic mass is 16.7. The van der Waals surface area contributed by atoms with E-state index in [2.05, 4.69) is 0 Å². The third kappa shape index (κ3) is 3.90. The van der Waals surface area contributed by atoms with E-state index < -0.39 is 6.10 Å². The summed E-state index contributed by atoms with van der Waals surface area (Å²) in [5, 5.41) is 9.32. The fourth-order valence-corrected chi connectivity index (χ4v) is 1.29. The predicted molar refractivity (Wildman–Crippen MR) is 58.8 cm³/mol. The fourth-order valence-electron chi connectivity index (χ4n) is 1.29. The summed E-state index contributed by atoms with van der Waals surface area (Å²) < 4.78 is 10.7. The van der Waals surface area contributed by atoms with Crippen LogP contribution in [0.2, 0.25) is 0 Å². The summed E-state index contributed by atoms with van der Waals surface area (Å²) in [5.41, 5.74) is 0.881. The molecule has 3 heteroatoms. The van der Waals surface area contributed by atoms with Crippen molar-refractivity contribution in [2.75, 3.05) is 6.61 Å². The first kappa shape index (κ1) is 12.0. The lowest BCUT2D eigenvalue weighted by molar-refractivity contribution is -0.0613. The van der Waals surface area contributed by atoms with E-state index in [1.165, 1.54) is 0 Å². The van der Waals surface area contributed by atoms with Crippen molar-refractivity contribution >= 4 is 0 Å². The highest BCUT2D eigenvalue weighted by molar-refractivity contribution is 5.28. The van der Waals surface area contributed by atoms with Crippen LogP contribution in [0.3, 0.4) is 0 Å². The highest BCUT2D eigenvalue weighted by Crippen LogP contribution is 2.18. The van der Waals surface area contributed by atoms with Gasteiger partial charge in [-0.1, -0.05) is 12.1 Å². The van der Waals surface area contributed by atoms with Crippen LogP contribution in [-0.4, -0.2) is 18.0 Å². The Morgan fingerprint density at radius 2 is 1.80 bits per heavy atom. The molecule has 0 saturated heterocycles. The molecule has 1 N–H and O–H groups in total. The molecule has 0 amide bonds. The van der Waals surface area contributed by atoms with Gasteiger partial charge in [0.1, 0.15) is 5.75 Å². The summed E-state index contributed by atoms with van der Waals surface area (Å²) in [6, 6.07) is 7.35. The Balaban J connectivity index is 2.56. The van der Waals surface area contributed by atoms with Gasteiger partial charge in [-0.25, -0.2) is 0 Å². The fraction of sp³-hybridized carbons (Fsp3) is 0.500. The van der Waals surface area contributed by atoms with Crippen molar-refractivity contribution in [2.24, 2.45) is 0 Å². The number of aliphatic hydroxyl groups excluding tert-OH is 1. The quantitative estimate of drug-likeness (QED) is 0.759. The first-order valence-electron chi connectivity index (χ1n) is 5.19. The molecule has 2 unspecified atom stereocenters. The Morgan fingerprint density at radius 1 is 1.20 bits per heavy atom. The SMILES string of the molecule is CCOC(C)Oc1ccc(C(C)O)cc1. The van der Waals surface area contributed by atoms with E-state index in [-0.39, 0.29) is 6.29 Å². The Bertz CT molecular complexity index is 279. The molecule has 0 heterocycles. The molecule has 0 aromatic heterocycles. The van der Waals surface area contributed by atoms with Crippen LogP contribution < -0.4 is 4.74 Å². The predicted octanol–water partition coefficient (Wildman–Crippen LogP) is 2.50. The topological polar surface area (TPSA) is 38.7 Å². The van der Waals surface area contributed by atoms with Crippen LogP contribution >= 0.6 is 0 Å². The van der Waals surface area contributed by atoms with Gasteiger partial charge in [-0.2, -0.15) is 0 Å². The highest BCUT2D eigenvalue weighted by Gasteiger charge is 2.04. The molecule has 0 saturated carbocycles. The lowest BCUT2D eigenvalue weighted by Crippen LogP contribution is -2.15. The molecule has 0 spiro atoms. The summed E-state index contributed by atoms with van der Waals surface area (Å²) in [6.07, 6.45) is -0.684. The van der Waals surface area contributed by atoms with E-state index in [1.807, 2.05) is 38.1 Å². The molecule has 0 aliphatic carbocycles. The standard InChI is InChI=1S/C12H18O3/c1-4-14-10(3)15-12-7-5-11(6-8-12)9(2)13/h5-10,13H,4H2,1-3H3. The third-order valence-corrected chi connectivity index (χ3v) is 2.07. The number of hydrogen-bond donors (Lipinski definition) is 1. The van der Waals surface area contributed by atoms with Gasteiger partial charge in [0.15, 0.2) is 6.29 Å². The zero-order valence-corrected chi connectivity index (χ0v) is 9.43. The van der Waals surface area contributed by atoms with Gasteiger partial charge in [0.2, 0.25) is 0 Å². The van der Waals surface area contributed by atoms with Crippen molar-refractivity contribution < 1.29 is 14.6 Å². The minimum absolute atomic E-state index is 0.243. The first-order valence-corrected chi connectivity index (χ1v) is 5.19. The van der Waals surface area contributed by atoms with Crippen LogP contribution in [0.15, 0.2) is 24.3 Å². The summed E-state index contributed by atoms with van der Waals surface area (Å²) in [7, 11) is 0. The maximum Gasteiger partial charge on any atom is 0.196 e. The molecule has 1 rings (SSSR count). The maximum absolute atomic E-state index is 9.32. The third-order valence-electron chi connectivity index (χ3n) is 2.07.